The number of imidazole rings is 1. The van der Waals surface area contributed by atoms with E-state index in [-0.39, 0.29) is 0 Å². The molecular weight excluding hydrogens is 829 g/mol. The number of benzene rings is 9. The number of para-hydroxylation sites is 1. The molecule has 14 aromatic rings. The summed E-state index contributed by atoms with van der Waals surface area (Å²) in [5, 5.41) is 13.8. The van der Waals surface area contributed by atoms with E-state index in [0.717, 1.165) is 32.8 Å². The van der Waals surface area contributed by atoms with E-state index in [2.05, 4.69) is 205 Å². The summed E-state index contributed by atoms with van der Waals surface area (Å²) in [4.78, 5) is 6.39. The number of hydrogen-bond donors (Lipinski definition) is 0. The van der Waals surface area contributed by atoms with Crippen molar-refractivity contribution >= 4 is 102 Å². The third-order valence-electron chi connectivity index (χ3n) is 14.1. The second-order valence-electron chi connectivity index (χ2n) is 17.2. The van der Waals surface area contributed by atoms with Gasteiger partial charge in [0.2, 0.25) is 0 Å². The Morgan fingerprint density at radius 3 is 1.82 bits per heavy atom. The Kier molecular flexibility index (Phi) is 7.15. The van der Waals surface area contributed by atoms with Gasteiger partial charge in [0.15, 0.2) is 5.65 Å². The maximum atomic E-state index is 5.32. The lowest BCUT2D eigenvalue weighted by molar-refractivity contribution is 0.768. The van der Waals surface area contributed by atoms with Gasteiger partial charge in [0.1, 0.15) is 10.3 Å². The van der Waals surface area contributed by atoms with Gasteiger partial charge in [0.05, 0.1) is 21.1 Å². The molecule has 0 fully saturated rings. The molecule has 0 bridgehead atoms. The Bertz CT molecular complexity index is 4270. The van der Waals surface area contributed by atoms with Crippen LogP contribution in [0, 0.1) is 0 Å². The molecule has 4 nitrogen and oxygen atoms in total. The van der Waals surface area contributed by atoms with Crippen molar-refractivity contribution in [3.05, 3.63) is 229 Å². The van der Waals surface area contributed by atoms with E-state index >= 15 is 0 Å². The van der Waals surface area contributed by atoms with Crippen LogP contribution in [0.15, 0.2) is 206 Å². The Hall–Kier alpha value is -7.90. The van der Waals surface area contributed by atoms with E-state index in [0.29, 0.717) is 0 Å². The molecule has 65 heavy (non-hydrogen) atoms. The molecular formula is C59H34N4S2. The summed E-state index contributed by atoms with van der Waals surface area (Å²) in [7, 11) is 0. The molecule has 0 atom stereocenters. The predicted octanol–water partition coefficient (Wildman–Crippen LogP) is 15.7. The van der Waals surface area contributed by atoms with Gasteiger partial charge in [0.25, 0.3) is 0 Å². The summed E-state index contributed by atoms with van der Waals surface area (Å²) in [6.07, 6.45) is 1.92. The van der Waals surface area contributed by atoms with Crippen LogP contribution >= 0.6 is 22.7 Å². The van der Waals surface area contributed by atoms with Crippen LogP contribution in [0.5, 0.6) is 0 Å². The second kappa shape index (κ2) is 13.1. The zero-order chi connectivity index (χ0) is 42.4. The van der Waals surface area contributed by atoms with Crippen molar-refractivity contribution in [2.75, 3.05) is 0 Å². The number of aromatic nitrogens is 4. The minimum absolute atomic E-state index is 0.632. The van der Waals surface area contributed by atoms with Gasteiger partial charge in [-0.1, -0.05) is 158 Å². The van der Waals surface area contributed by atoms with Crippen LogP contribution < -0.4 is 0 Å². The largest absolute Gasteiger partial charge is 0.308 e. The van der Waals surface area contributed by atoms with E-state index in [4.69, 9.17) is 10.1 Å². The number of fused-ring (bicyclic) bond motifs is 18. The van der Waals surface area contributed by atoms with E-state index in [9.17, 15) is 0 Å². The van der Waals surface area contributed by atoms with Crippen LogP contribution in [0.1, 0.15) is 22.3 Å². The fourth-order valence-electron chi connectivity index (χ4n) is 11.5. The number of thiophene rings is 2. The van der Waals surface area contributed by atoms with Gasteiger partial charge >= 0.3 is 0 Å². The standard InChI is InChI=1S/C59H34N4S2/c1-3-15-36(16-4-1)59(37-17-5-2-6-18-37)47-33-35(39-31-32-60-63-57(39)61-54-46-23-11-14-26-51(46)65-58(54)63)27-29-40(47)41-30-28-38(34-48(41)59)62-49-24-12-9-21-44(49)52-42-19-7-8-20-43(42)53-45-22-10-13-25-50(45)64-56(53)55(52)62/h1-34H. The zero-order valence-corrected chi connectivity index (χ0v) is 36.4. The van der Waals surface area contributed by atoms with Gasteiger partial charge in [0, 0.05) is 53.8 Å². The topological polar surface area (TPSA) is 35.1 Å². The zero-order valence-electron chi connectivity index (χ0n) is 34.7. The molecule has 6 heteroatoms. The van der Waals surface area contributed by atoms with Gasteiger partial charge in [-0.25, -0.2) is 9.50 Å². The lowest BCUT2D eigenvalue weighted by Crippen LogP contribution is -2.28. The molecule has 0 saturated heterocycles. The van der Waals surface area contributed by atoms with E-state index in [1.165, 1.54) is 96.2 Å². The van der Waals surface area contributed by atoms with Crippen LogP contribution in [0.2, 0.25) is 0 Å². The monoisotopic (exact) mass is 862 g/mol. The van der Waals surface area contributed by atoms with Crippen LogP contribution in [0.25, 0.3) is 107 Å². The summed E-state index contributed by atoms with van der Waals surface area (Å²) in [6, 6.07) is 74.2. The average Bonchev–Trinajstić information content (AvgIpc) is 4.18. The summed E-state index contributed by atoms with van der Waals surface area (Å²) < 4.78 is 8.44. The maximum absolute atomic E-state index is 5.32. The summed E-state index contributed by atoms with van der Waals surface area (Å²) in [6.45, 7) is 0. The molecule has 1 aliphatic rings. The van der Waals surface area contributed by atoms with Crippen molar-refractivity contribution < 1.29 is 0 Å². The highest BCUT2D eigenvalue weighted by Gasteiger charge is 2.46. The number of nitrogens with zero attached hydrogens (tertiary/aromatic N) is 4. The van der Waals surface area contributed by atoms with Crippen molar-refractivity contribution in [3.63, 3.8) is 0 Å². The number of hydrogen-bond acceptors (Lipinski definition) is 4. The van der Waals surface area contributed by atoms with Crippen molar-refractivity contribution in [2.45, 2.75) is 5.41 Å². The summed E-state index contributed by atoms with van der Waals surface area (Å²) >= 11 is 3.66. The third kappa shape index (κ3) is 4.64. The molecule has 0 radical (unpaired) electrons. The summed E-state index contributed by atoms with van der Waals surface area (Å²) in [5.74, 6) is 0. The Morgan fingerprint density at radius 1 is 0.462 bits per heavy atom. The average molecular weight is 863 g/mol. The van der Waals surface area contributed by atoms with Crippen LogP contribution in [-0.2, 0) is 5.41 Å². The SMILES string of the molecule is c1ccc(C2(c3ccccc3)c3cc(-c4ccnn5c4nc4c6ccccc6sc45)ccc3-c3ccc(-n4c5ccccc5c5c6ccccc6c6c7ccccc7sc6c54)cc32)cc1. The molecule has 1 aliphatic carbocycles. The molecule has 9 aromatic carbocycles. The van der Waals surface area contributed by atoms with Gasteiger partial charge in [-0.2, -0.15) is 5.10 Å². The molecule has 302 valence electrons. The first-order valence-corrected chi connectivity index (χ1v) is 23.7. The first kappa shape index (κ1) is 35.5. The van der Waals surface area contributed by atoms with Crippen LogP contribution in [0.4, 0.5) is 0 Å². The molecule has 5 aromatic heterocycles. The van der Waals surface area contributed by atoms with Crippen LogP contribution in [-0.4, -0.2) is 19.2 Å². The second-order valence-corrected chi connectivity index (χ2v) is 19.3. The number of rotatable bonds is 4. The summed E-state index contributed by atoms with van der Waals surface area (Å²) in [5.41, 5.74) is 14.5. The molecule has 0 N–H and O–H groups in total. The van der Waals surface area contributed by atoms with Gasteiger partial charge < -0.3 is 4.57 Å². The van der Waals surface area contributed by atoms with Crippen molar-refractivity contribution in [3.8, 4) is 27.9 Å². The van der Waals surface area contributed by atoms with E-state index in [1.807, 2.05) is 22.0 Å². The first-order chi connectivity index (χ1) is 32.3. The van der Waals surface area contributed by atoms with Crippen molar-refractivity contribution in [1.82, 2.24) is 19.2 Å². The Balaban J connectivity index is 1.04. The maximum Gasteiger partial charge on any atom is 0.163 e. The first-order valence-electron chi connectivity index (χ1n) is 22.1. The van der Waals surface area contributed by atoms with Crippen LogP contribution in [0.3, 0.4) is 0 Å². The highest BCUT2D eigenvalue weighted by molar-refractivity contribution is 7.27. The molecule has 15 rings (SSSR count). The van der Waals surface area contributed by atoms with Crippen molar-refractivity contribution in [2.24, 2.45) is 0 Å². The Morgan fingerprint density at radius 2 is 1.06 bits per heavy atom. The highest BCUT2D eigenvalue weighted by atomic mass is 32.1. The molecule has 0 saturated carbocycles. The molecule has 5 heterocycles. The quantitative estimate of drug-likeness (QED) is 0.177. The normalized spacial score (nSPS) is 13.4. The minimum Gasteiger partial charge on any atom is -0.308 e. The van der Waals surface area contributed by atoms with Gasteiger partial charge in [-0.3, -0.25) is 0 Å². The van der Waals surface area contributed by atoms with Gasteiger partial charge in [-0.05, 0) is 92.2 Å². The van der Waals surface area contributed by atoms with E-state index in [1.54, 1.807) is 11.3 Å². The highest BCUT2D eigenvalue weighted by Crippen LogP contribution is 2.58. The molecule has 0 spiro atoms. The van der Waals surface area contributed by atoms with Crippen molar-refractivity contribution in [1.29, 1.82) is 0 Å². The van der Waals surface area contributed by atoms with E-state index < -0.39 is 5.41 Å². The predicted molar refractivity (Wildman–Crippen MR) is 273 cm³/mol. The lowest BCUT2D eigenvalue weighted by Gasteiger charge is -2.34. The molecule has 0 unspecified atom stereocenters. The minimum atomic E-state index is -0.632. The molecule has 0 aliphatic heterocycles. The fraction of sp³-hybridized carbons (Fsp3) is 0.0169. The molecule has 0 amide bonds. The Labute approximate surface area is 380 Å². The third-order valence-corrected chi connectivity index (χ3v) is 16.4. The van der Waals surface area contributed by atoms with Gasteiger partial charge in [-0.15, -0.1) is 22.7 Å². The smallest absolute Gasteiger partial charge is 0.163 e. The lowest BCUT2D eigenvalue weighted by atomic mass is 9.67. The fourth-order valence-corrected chi connectivity index (χ4v) is 13.8.